The minimum atomic E-state index is -0.229. The first-order chi connectivity index (χ1) is 7.53. The molecule has 0 saturated carbocycles. The average molecular weight is 226 g/mol. The highest BCUT2D eigenvalue weighted by atomic mass is 16.6. The van der Waals surface area contributed by atoms with Crippen LogP contribution in [0.2, 0.25) is 0 Å². The average Bonchev–Trinajstić information content (AvgIpc) is 2.72. The molecule has 2 aliphatic rings. The summed E-state index contributed by atoms with van der Waals surface area (Å²) >= 11 is 0. The minimum Gasteiger partial charge on any atom is -0.448 e. The third-order valence-electron chi connectivity index (χ3n) is 4.03. The molecular weight excluding hydrogens is 204 g/mol. The number of amides is 1. The van der Waals surface area contributed by atoms with Gasteiger partial charge in [0.15, 0.2) is 0 Å². The van der Waals surface area contributed by atoms with Crippen molar-refractivity contribution < 1.29 is 9.53 Å². The zero-order chi connectivity index (χ0) is 11.8. The summed E-state index contributed by atoms with van der Waals surface area (Å²) in [5.41, 5.74) is 0.384. The number of hydrogen-bond donors (Lipinski definition) is 0. The van der Waals surface area contributed by atoms with Crippen molar-refractivity contribution in [3.63, 3.8) is 0 Å². The normalized spacial score (nSPS) is 33.8. The van der Waals surface area contributed by atoms with Crippen molar-refractivity contribution in [1.82, 2.24) is 9.80 Å². The molecular formula is C12H22N2O2. The number of ether oxygens (including phenoxy) is 1. The zero-order valence-corrected chi connectivity index (χ0v) is 10.5. The van der Waals surface area contributed by atoms with Gasteiger partial charge in [-0.25, -0.2) is 4.79 Å². The molecule has 4 heteroatoms. The zero-order valence-electron chi connectivity index (χ0n) is 10.5. The lowest BCUT2D eigenvalue weighted by Gasteiger charge is -2.31. The van der Waals surface area contributed by atoms with Crippen LogP contribution in [0.1, 0.15) is 32.6 Å². The number of nitrogens with zero attached hydrogens (tertiary/aromatic N) is 2. The monoisotopic (exact) mass is 226 g/mol. The van der Waals surface area contributed by atoms with E-state index >= 15 is 0 Å². The Morgan fingerprint density at radius 2 is 2.25 bits per heavy atom. The van der Waals surface area contributed by atoms with E-state index in [2.05, 4.69) is 11.8 Å². The summed E-state index contributed by atoms with van der Waals surface area (Å²) < 4.78 is 5.29. The Labute approximate surface area is 97.5 Å². The molecule has 2 rings (SSSR count). The van der Waals surface area contributed by atoms with Gasteiger partial charge in [-0.3, -0.25) is 4.90 Å². The molecule has 2 atom stereocenters. The van der Waals surface area contributed by atoms with Gasteiger partial charge >= 0.3 is 6.09 Å². The maximum atomic E-state index is 11.4. The van der Waals surface area contributed by atoms with Crippen molar-refractivity contribution in [2.45, 2.75) is 44.2 Å². The van der Waals surface area contributed by atoms with Gasteiger partial charge in [0.25, 0.3) is 0 Å². The number of carbonyl (C=O) groups is 1. The molecule has 92 valence electrons. The minimum absolute atomic E-state index is 0.229. The molecule has 0 spiro atoms. The lowest BCUT2D eigenvalue weighted by atomic mass is 9.97. The summed E-state index contributed by atoms with van der Waals surface area (Å²) in [6, 6.07) is 0.441. The van der Waals surface area contributed by atoms with Crippen molar-refractivity contribution >= 4 is 6.09 Å². The molecule has 0 N–H and O–H groups in total. The van der Waals surface area contributed by atoms with E-state index in [0.29, 0.717) is 18.2 Å². The second-order valence-electron chi connectivity index (χ2n) is 5.46. The number of carbonyl (C=O) groups excluding carboxylic acids is 1. The Kier molecular flexibility index (Phi) is 3.10. The summed E-state index contributed by atoms with van der Waals surface area (Å²) in [5, 5.41) is 0. The van der Waals surface area contributed by atoms with Crippen LogP contribution in [0.4, 0.5) is 4.79 Å². The van der Waals surface area contributed by atoms with Gasteiger partial charge in [-0.1, -0.05) is 0 Å². The molecule has 0 aromatic rings. The molecule has 0 aromatic carbocycles. The molecule has 1 amide bonds. The third kappa shape index (κ3) is 2.03. The Bertz CT molecular complexity index is 280. The molecule has 2 fully saturated rings. The maximum Gasteiger partial charge on any atom is 0.409 e. The first-order valence-corrected chi connectivity index (χ1v) is 6.14. The molecule has 0 bridgehead atoms. The van der Waals surface area contributed by atoms with Crippen molar-refractivity contribution in [3.8, 4) is 0 Å². The van der Waals surface area contributed by atoms with Gasteiger partial charge in [0, 0.05) is 25.7 Å². The van der Waals surface area contributed by atoms with Crippen LogP contribution in [-0.4, -0.2) is 54.7 Å². The molecule has 4 nitrogen and oxygen atoms in total. The summed E-state index contributed by atoms with van der Waals surface area (Å²) in [5.74, 6) is 0. The molecule has 0 radical (unpaired) electrons. The van der Waals surface area contributed by atoms with E-state index in [1.54, 1.807) is 14.1 Å². The summed E-state index contributed by atoms with van der Waals surface area (Å²) in [6.45, 7) is 4.06. The summed E-state index contributed by atoms with van der Waals surface area (Å²) in [7, 11) is 3.44. The van der Waals surface area contributed by atoms with E-state index in [1.165, 1.54) is 30.7 Å². The van der Waals surface area contributed by atoms with Gasteiger partial charge in [-0.2, -0.15) is 0 Å². The van der Waals surface area contributed by atoms with Crippen molar-refractivity contribution in [2.24, 2.45) is 0 Å². The first-order valence-electron chi connectivity index (χ1n) is 6.14. The highest BCUT2D eigenvalue weighted by Crippen LogP contribution is 2.41. The second kappa shape index (κ2) is 4.24. The van der Waals surface area contributed by atoms with Crippen LogP contribution in [0.5, 0.6) is 0 Å². The first kappa shape index (κ1) is 11.7. The van der Waals surface area contributed by atoms with Gasteiger partial charge in [0.05, 0.1) is 0 Å². The predicted molar refractivity (Wildman–Crippen MR) is 62.4 cm³/mol. The Morgan fingerprint density at radius 3 is 2.94 bits per heavy atom. The molecule has 0 aromatic heterocycles. The number of rotatable bonds is 2. The van der Waals surface area contributed by atoms with Gasteiger partial charge in [-0.15, -0.1) is 0 Å². The largest absolute Gasteiger partial charge is 0.448 e. The van der Waals surface area contributed by atoms with Crippen molar-refractivity contribution in [2.75, 3.05) is 27.2 Å². The Balaban J connectivity index is 1.86. The van der Waals surface area contributed by atoms with Gasteiger partial charge in [0.1, 0.15) is 6.61 Å². The van der Waals surface area contributed by atoms with Crippen LogP contribution in [-0.2, 0) is 4.74 Å². The van der Waals surface area contributed by atoms with E-state index in [9.17, 15) is 4.79 Å². The van der Waals surface area contributed by atoms with Crippen LogP contribution < -0.4 is 0 Å². The standard InChI is InChI=1S/C12H22N2O2/c1-12-6-4-8-14(12)10(5-7-12)9-16-11(15)13(2)3/h10H,4-9H2,1-3H3/t10-,12-/m0/s1. The highest BCUT2D eigenvalue weighted by molar-refractivity contribution is 5.66. The molecule has 16 heavy (non-hydrogen) atoms. The molecule has 0 unspecified atom stereocenters. The molecule has 0 aliphatic carbocycles. The van der Waals surface area contributed by atoms with E-state index in [1.807, 2.05) is 0 Å². The van der Waals surface area contributed by atoms with E-state index in [-0.39, 0.29) is 6.09 Å². The topological polar surface area (TPSA) is 32.8 Å². The number of hydrogen-bond acceptors (Lipinski definition) is 3. The highest BCUT2D eigenvalue weighted by Gasteiger charge is 2.45. The quantitative estimate of drug-likeness (QED) is 0.718. The predicted octanol–water partition coefficient (Wildman–Crippen LogP) is 1.70. The summed E-state index contributed by atoms with van der Waals surface area (Å²) in [6.07, 6.45) is 4.77. The Hall–Kier alpha value is -0.770. The maximum absolute atomic E-state index is 11.4. The molecule has 2 heterocycles. The van der Waals surface area contributed by atoms with Crippen LogP contribution in [0.15, 0.2) is 0 Å². The fraction of sp³-hybridized carbons (Fsp3) is 0.917. The van der Waals surface area contributed by atoms with Crippen LogP contribution in [0, 0.1) is 0 Å². The Morgan fingerprint density at radius 1 is 1.50 bits per heavy atom. The number of fused-ring (bicyclic) bond motifs is 1. The SMILES string of the molecule is CN(C)C(=O)OC[C@@H]1CC[C@]2(C)CCCN12. The smallest absolute Gasteiger partial charge is 0.409 e. The van der Waals surface area contributed by atoms with Gasteiger partial charge < -0.3 is 9.64 Å². The lowest BCUT2D eigenvalue weighted by Crippen LogP contribution is -2.42. The second-order valence-corrected chi connectivity index (χ2v) is 5.46. The fourth-order valence-corrected chi connectivity index (χ4v) is 3.04. The summed E-state index contributed by atoms with van der Waals surface area (Å²) in [4.78, 5) is 15.4. The molecule has 2 saturated heterocycles. The van der Waals surface area contributed by atoms with Gasteiger partial charge in [-0.05, 0) is 39.2 Å². The van der Waals surface area contributed by atoms with Gasteiger partial charge in [0.2, 0.25) is 0 Å². The van der Waals surface area contributed by atoms with Crippen LogP contribution in [0.3, 0.4) is 0 Å². The van der Waals surface area contributed by atoms with Crippen molar-refractivity contribution in [1.29, 1.82) is 0 Å². The fourth-order valence-electron chi connectivity index (χ4n) is 3.04. The molecule has 2 aliphatic heterocycles. The van der Waals surface area contributed by atoms with E-state index in [0.717, 1.165) is 6.42 Å². The van der Waals surface area contributed by atoms with Crippen LogP contribution in [0.25, 0.3) is 0 Å². The van der Waals surface area contributed by atoms with Crippen molar-refractivity contribution in [3.05, 3.63) is 0 Å². The van der Waals surface area contributed by atoms with E-state index < -0.39 is 0 Å². The third-order valence-corrected chi connectivity index (χ3v) is 4.03. The van der Waals surface area contributed by atoms with Crippen LogP contribution >= 0.6 is 0 Å². The lowest BCUT2D eigenvalue weighted by molar-refractivity contribution is 0.0731. The van der Waals surface area contributed by atoms with E-state index in [4.69, 9.17) is 4.74 Å².